The van der Waals surface area contributed by atoms with Crippen LogP contribution in [0.5, 0.6) is 5.75 Å². The maximum Gasteiger partial charge on any atom is 0.127 e. The minimum absolute atomic E-state index is 0.168. The van der Waals surface area contributed by atoms with Crippen LogP contribution in [-0.4, -0.2) is 31.9 Å². The second-order valence-corrected chi connectivity index (χ2v) is 5.25. The lowest BCUT2D eigenvalue weighted by molar-refractivity contribution is 0.235. The van der Waals surface area contributed by atoms with Crippen molar-refractivity contribution in [2.75, 3.05) is 26.8 Å². The second kappa shape index (κ2) is 8.65. The first-order valence-electron chi connectivity index (χ1n) is 7.75. The van der Waals surface area contributed by atoms with Crippen molar-refractivity contribution in [3.05, 3.63) is 42.0 Å². The maximum absolute atomic E-state index is 8.86. The lowest BCUT2D eigenvalue weighted by Crippen LogP contribution is -2.07. The molecule has 0 spiro atoms. The summed E-state index contributed by atoms with van der Waals surface area (Å²) in [6.45, 7) is 1.80. The highest BCUT2D eigenvalue weighted by atomic mass is 16.5. The van der Waals surface area contributed by atoms with E-state index < -0.39 is 0 Å². The maximum atomic E-state index is 8.86. The molecule has 114 valence electrons. The minimum atomic E-state index is 0.168. The molecule has 0 radical (unpaired) electrons. The van der Waals surface area contributed by atoms with Crippen LogP contribution in [0.15, 0.2) is 36.4 Å². The van der Waals surface area contributed by atoms with Crippen LogP contribution in [0.3, 0.4) is 0 Å². The number of rotatable bonds is 9. The number of aliphatic hydroxyl groups excluding tert-OH is 1. The summed E-state index contributed by atoms with van der Waals surface area (Å²) in [5.74, 6) is 0.915. The van der Waals surface area contributed by atoms with Gasteiger partial charge in [-0.15, -0.1) is 0 Å². The number of aryl methyl sites for hydroxylation is 1. The Labute approximate surface area is 126 Å². The molecule has 0 fully saturated rings. The molecule has 3 nitrogen and oxygen atoms in total. The number of fused-ring (bicyclic) bond motifs is 1. The van der Waals surface area contributed by atoms with Crippen LogP contribution in [0.2, 0.25) is 0 Å². The van der Waals surface area contributed by atoms with Crippen LogP contribution in [-0.2, 0) is 6.42 Å². The smallest absolute Gasteiger partial charge is 0.127 e. The van der Waals surface area contributed by atoms with Gasteiger partial charge in [-0.3, -0.25) is 0 Å². The van der Waals surface area contributed by atoms with Gasteiger partial charge in [0, 0.05) is 18.4 Å². The fourth-order valence-electron chi connectivity index (χ4n) is 2.54. The van der Waals surface area contributed by atoms with Crippen molar-refractivity contribution in [3.8, 4) is 5.75 Å². The van der Waals surface area contributed by atoms with Gasteiger partial charge in [-0.05, 0) is 49.9 Å². The molecule has 0 unspecified atom stereocenters. The van der Waals surface area contributed by atoms with Crippen LogP contribution >= 0.6 is 0 Å². The lowest BCUT2D eigenvalue weighted by Gasteiger charge is -2.12. The monoisotopic (exact) mass is 287 g/mol. The third-order valence-electron chi connectivity index (χ3n) is 3.66. The SMILES string of the molecule is CNCCCCc1ccc(OCCCO)c2ccccc12. The molecule has 0 heterocycles. The van der Waals surface area contributed by atoms with E-state index in [9.17, 15) is 0 Å². The van der Waals surface area contributed by atoms with Gasteiger partial charge in [0.1, 0.15) is 5.75 Å². The molecule has 0 amide bonds. The summed E-state index contributed by atoms with van der Waals surface area (Å²) in [4.78, 5) is 0. The Hall–Kier alpha value is -1.58. The summed E-state index contributed by atoms with van der Waals surface area (Å²) in [7, 11) is 1.99. The number of benzene rings is 2. The summed E-state index contributed by atoms with van der Waals surface area (Å²) in [6.07, 6.45) is 4.15. The zero-order valence-corrected chi connectivity index (χ0v) is 12.8. The van der Waals surface area contributed by atoms with Crippen LogP contribution in [0.4, 0.5) is 0 Å². The van der Waals surface area contributed by atoms with E-state index in [1.165, 1.54) is 29.2 Å². The number of ether oxygens (including phenoxy) is 1. The molecular weight excluding hydrogens is 262 g/mol. The number of hydrogen-bond acceptors (Lipinski definition) is 3. The van der Waals surface area contributed by atoms with Crippen molar-refractivity contribution in [2.24, 2.45) is 0 Å². The zero-order chi connectivity index (χ0) is 14.9. The van der Waals surface area contributed by atoms with E-state index in [0.717, 1.165) is 18.7 Å². The van der Waals surface area contributed by atoms with Crippen LogP contribution in [0.1, 0.15) is 24.8 Å². The van der Waals surface area contributed by atoms with Gasteiger partial charge in [0.2, 0.25) is 0 Å². The third-order valence-corrected chi connectivity index (χ3v) is 3.66. The van der Waals surface area contributed by atoms with Crippen LogP contribution in [0.25, 0.3) is 10.8 Å². The Morgan fingerprint density at radius 3 is 2.57 bits per heavy atom. The predicted octanol–water partition coefficient (Wildman–Crippen LogP) is 3.14. The van der Waals surface area contributed by atoms with Crippen LogP contribution in [0, 0.1) is 0 Å². The summed E-state index contributed by atoms with van der Waals surface area (Å²) in [5, 5.41) is 14.5. The molecule has 2 rings (SSSR count). The second-order valence-electron chi connectivity index (χ2n) is 5.25. The largest absolute Gasteiger partial charge is 0.493 e. The highest BCUT2D eigenvalue weighted by Crippen LogP contribution is 2.29. The Bertz CT molecular complexity index is 554. The predicted molar refractivity (Wildman–Crippen MR) is 88.0 cm³/mol. The number of unbranched alkanes of at least 4 members (excludes halogenated alkanes) is 1. The van der Waals surface area contributed by atoms with Gasteiger partial charge in [0.25, 0.3) is 0 Å². The van der Waals surface area contributed by atoms with Crippen molar-refractivity contribution in [2.45, 2.75) is 25.7 Å². The molecule has 3 heteroatoms. The van der Waals surface area contributed by atoms with Gasteiger partial charge >= 0.3 is 0 Å². The summed E-state index contributed by atoms with van der Waals surface area (Å²) in [5.41, 5.74) is 1.39. The van der Waals surface area contributed by atoms with Crippen molar-refractivity contribution >= 4 is 10.8 Å². The molecule has 0 atom stereocenters. The molecule has 2 aromatic rings. The molecule has 21 heavy (non-hydrogen) atoms. The summed E-state index contributed by atoms with van der Waals surface area (Å²) < 4.78 is 5.79. The Morgan fingerprint density at radius 1 is 1.00 bits per heavy atom. The first kappa shape index (κ1) is 15.8. The van der Waals surface area contributed by atoms with E-state index >= 15 is 0 Å². The molecule has 0 aliphatic carbocycles. The minimum Gasteiger partial charge on any atom is -0.493 e. The van der Waals surface area contributed by atoms with Crippen molar-refractivity contribution < 1.29 is 9.84 Å². The van der Waals surface area contributed by atoms with Crippen molar-refractivity contribution in [1.29, 1.82) is 0 Å². The lowest BCUT2D eigenvalue weighted by atomic mass is 9.99. The number of nitrogens with one attached hydrogen (secondary N) is 1. The van der Waals surface area contributed by atoms with Gasteiger partial charge in [-0.2, -0.15) is 0 Å². The van der Waals surface area contributed by atoms with E-state index in [1.807, 2.05) is 13.1 Å². The standard InChI is InChI=1S/C18H25NO2/c1-19-12-5-4-7-15-10-11-18(21-14-6-13-20)17-9-3-2-8-16(15)17/h2-3,8-11,19-20H,4-7,12-14H2,1H3. The normalized spacial score (nSPS) is 11.0. The number of hydrogen-bond donors (Lipinski definition) is 2. The number of aliphatic hydroxyl groups is 1. The van der Waals surface area contributed by atoms with Gasteiger partial charge < -0.3 is 15.2 Å². The van der Waals surface area contributed by atoms with Gasteiger partial charge in [0.15, 0.2) is 0 Å². The van der Waals surface area contributed by atoms with E-state index in [1.54, 1.807) is 0 Å². The molecule has 2 aromatic carbocycles. The first-order valence-corrected chi connectivity index (χ1v) is 7.75. The Kier molecular flexibility index (Phi) is 6.51. The van der Waals surface area contributed by atoms with Gasteiger partial charge in [-0.25, -0.2) is 0 Å². The average Bonchev–Trinajstić information content (AvgIpc) is 2.53. The van der Waals surface area contributed by atoms with E-state index in [0.29, 0.717) is 13.0 Å². The molecule has 2 N–H and O–H groups in total. The highest BCUT2D eigenvalue weighted by Gasteiger charge is 2.06. The molecular formula is C18H25NO2. The van der Waals surface area contributed by atoms with E-state index in [2.05, 4.69) is 35.6 Å². The molecule has 0 aromatic heterocycles. The van der Waals surface area contributed by atoms with Gasteiger partial charge in [0.05, 0.1) is 6.61 Å². The van der Waals surface area contributed by atoms with Crippen molar-refractivity contribution in [1.82, 2.24) is 5.32 Å². The third kappa shape index (κ3) is 4.45. The summed E-state index contributed by atoms with van der Waals surface area (Å²) >= 11 is 0. The zero-order valence-electron chi connectivity index (χ0n) is 12.8. The van der Waals surface area contributed by atoms with E-state index in [-0.39, 0.29) is 6.61 Å². The molecule has 0 aliphatic heterocycles. The van der Waals surface area contributed by atoms with Crippen molar-refractivity contribution in [3.63, 3.8) is 0 Å². The summed E-state index contributed by atoms with van der Waals surface area (Å²) in [6, 6.07) is 12.6. The topological polar surface area (TPSA) is 41.5 Å². The fraction of sp³-hybridized carbons (Fsp3) is 0.444. The fourth-order valence-corrected chi connectivity index (χ4v) is 2.54. The molecule has 0 bridgehead atoms. The highest BCUT2D eigenvalue weighted by molar-refractivity contribution is 5.91. The van der Waals surface area contributed by atoms with Gasteiger partial charge in [-0.1, -0.05) is 30.3 Å². The average molecular weight is 287 g/mol. The molecule has 0 aliphatic rings. The first-order chi connectivity index (χ1) is 10.4. The van der Waals surface area contributed by atoms with E-state index in [4.69, 9.17) is 9.84 Å². The molecule has 0 saturated carbocycles. The molecule has 0 saturated heterocycles. The Morgan fingerprint density at radius 2 is 1.81 bits per heavy atom. The Balaban J connectivity index is 2.14. The van der Waals surface area contributed by atoms with Crippen LogP contribution < -0.4 is 10.1 Å². The quantitative estimate of drug-likeness (QED) is 0.696.